The number of thiophene rings is 1. The average molecular weight is 289 g/mol. The molecule has 2 heterocycles. The standard InChI is InChI=1S/C15H15NO3S/c1-2-10-4-6-13(20-10)15(18)9-3-5-12-11(7-9)16-14(17)8-19-12/h3-7,15,18H,2,8H2,1H3,(H,16,17). The molecule has 0 saturated heterocycles. The van der Waals surface area contributed by atoms with Gasteiger partial charge in [0.2, 0.25) is 0 Å². The van der Waals surface area contributed by atoms with E-state index in [1.54, 1.807) is 23.5 Å². The minimum atomic E-state index is -0.676. The predicted molar refractivity (Wildman–Crippen MR) is 78.3 cm³/mol. The molecule has 2 aromatic rings. The van der Waals surface area contributed by atoms with Crippen LogP contribution in [0.15, 0.2) is 30.3 Å². The largest absolute Gasteiger partial charge is 0.482 e. The molecule has 1 aromatic carbocycles. The summed E-state index contributed by atoms with van der Waals surface area (Å²) < 4.78 is 5.31. The number of nitrogens with one attached hydrogen (secondary N) is 1. The number of hydrogen-bond acceptors (Lipinski definition) is 4. The molecule has 4 nitrogen and oxygen atoms in total. The number of aliphatic hydroxyl groups excluding tert-OH is 1. The molecule has 1 amide bonds. The van der Waals surface area contributed by atoms with E-state index in [1.165, 1.54) is 4.88 Å². The first-order chi connectivity index (χ1) is 9.67. The Kier molecular flexibility index (Phi) is 3.46. The molecular formula is C15H15NO3S. The van der Waals surface area contributed by atoms with Crippen molar-refractivity contribution in [2.24, 2.45) is 0 Å². The molecule has 0 saturated carbocycles. The van der Waals surface area contributed by atoms with Crippen LogP contribution in [-0.4, -0.2) is 17.6 Å². The monoisotopic (exact) mass is 289 g/mol. The van der Waals surface area contributed by atoms with Crippen LogP contribution in [0.2, 0.25) is 0 Å². The first-order valence-corrected chi connectivity index (χ1v) is 7.32. The van der Waals surface area contributed by atoms with Crippen molar-refractivity contribution < 1.29 is 14.6 Å². The third kappa shape index (κ3) is 2.42. The molecule has 2 N–H and O–H groups in total. The summed E-state index contributed by atoms with van der Waals surface area (Å²) in [4.78, 5) is 13.5. The zero-order valence-electron chi connectivity index (χ0n) is 11.1. The molecule has 1 aromatic heterocycles. The summed E-state index contributed by atoms with van der Waals surface area (Å²) >= 11 is 1.61. The minimum absolute atomic E-state index is 0.0414. The fourth-order valence-corrected chi connectivity index (χ4v) is 3.13. The molecule has 0 aliphatic carbocycles. The summed E-state index contributed by atoms with van der Waals surface area (Å²) in [5.74, 6) is 0.467. The van der Waals surface area contributed by atoms with Gasteiger partial charge in [0.15, 0.2) is 6.61 Å². The summed E-state index contributed by atoms with van der Waals surface area (Å²) in [6, 6.07) is 9.35. The van der Waals surface area contributed by atoms with Crippen LogP contribution in [0.3, 0.4) is 0 Å². The Hall–Kier alpha value is -1.85. The van der Waals surface area contributed by atoms with Crippen LogP contribution in [0.4, 0.5) is 5.69 Å². The number of fused-ring (bicyclic) bond motifs is 1. The van der Waals surface area contributed by atoms with Gasteiger partial charge in [-0.1, -0.05) is 13.0 Å². The predicted octanol–water partition coefficient (Wildman–Crippen LogP) is 2.72. The first kappa shape index (κ1) is 13.1. The maximum Gasteiger partial charge on any atom is 0.262 e. The van der Waals surface area contributed by atoms with Gasteiger partial charge in [-0.3, -0.25) is 4.79 Å². The van der Waals surface area contributed by atoms with Gasteiger partial charge in [0, 0.05) is 9.75 Å². The van der Waals surface area contributed by atoms with Gasteiger partial charge in [-0.15, -0.1) is 11.3 Å². The number of carbonyl (C=O) groups is 1. The second-order valence-corrected chi connectivity index (χ2v) is 5.85. The SMILES string of the molecule is CCc1ccc(C(O)c2ccc3c(c2)NC(=O)CO3)s1. The van der Waals surface area contributed by atoms with Gasteiger partial charge in [0.25, 0.3) is 5.91 Å². The molecule has 1 aliphatic heterocycles. The third-order valence-corrected chi connectivity index (χ3v) is 4.53. The van der Waals surface area contributed by atoms with Gasteiger partial charge in [-0.05, 0) is 36.2 Å². The van der Waals surface area contributed by atoms with E-state index >= 15 is 0 Å². The quantitative estimate of drug-likeness (QED) is 0.913. The van der Waals surface area contributed by atoms with E-state index < -0.39 is 6.10 Å². The van der Waals surface area contributed by atoms with Crippen molar-refractivity contribution in [1.82, 2.24) is 0 Å². The number of aliphatic hydroxyl groups is 1. The minimum Gasteiger partial charge on any atom is -0.482 e. The van der Waals surface area contributed by atoms with Crippen LogP contribution in [0.5, 0.6) is 5.75 Å². The molecule has 1 aliphatic rings. The molecule has 104 valence electrons. The Morgan fingerprint density at radius 3 is 3.00 bits per heavy atom. The van der Waals surface area contributed by atoms with Gasteiger partial charge >= 0.3 is 0 Å². The summed E-state index contributed by atoms with van der Waals surface area (Å²) in [5, 5.41) is 13.2. The number of hydrogen-bond donors (Lipinski definition) is 2. The van der Waals surface area contributed by atoms with Crippen LogP contribution in [0, 0.1) is 0 Å². The number of benzene rings is 1. The maximum atomic E-state index is 11.3. The van der Waals surface area contributed by atoms with Crippen LogP contribution in [-0.2, 0) is 11.2 Å². The normalized spacial score (nSPS) is 15.2. The van der Waals surface area contributed by atoms with E-state index in [-0.39, 0.29) is 12.5 Å². The number of carbonyl (C=O) groups excluding carboxylic acids is 1. The maximum absolute atomic E-state index is 11.3. The van der Waals surface area contributed by atoms with E-state index in [1.807, 2.05) is 18.2 Å². The highest BCUT2D eigenvalue weighted by Gasteiger charge is 2.19. The number of ether oxygens (including phenoxy) is 1. The number of amides is 1. The van der Waals surface area contributed by atoms with Gasteiger partial charge < -0.3 is 15.2 Å². The van der Waals surface area contributed by atoms with Gasteiger partial charge in [-0.2, -0.15) is 0 Å². The smallest absolute Gasteiger partial charge is 0.262 e. The topological polar surface area (TPSA) is 58.6 Å². The zero-order chi connectivity index (χ0) is 14.1. The molecule has 20 heavy (non-hydrogen) atoms. The summed E-state index contributed by atoms with van der Waals surface area (Å²) in [6.45, 7) is 2.13. The van der Waals surface area contributed by atoms with Crippen LogP contribution in [0.1, 0.15) is 28.3 Å². The Morgan fingerprint density at radius 1 is 1.40 bits per heavy atom. The molecular weight excluding hydrogens is 274 g/mol. The molecule has 3 rings (SSSR count). The lowest BCUT2D eigenvalue weighted by atomic mass is 10.1. The van der Waals surface area contributed by atoms with Gasteiger partial charge in [0.05, 0.1) is 5.69 Å². The zero-order valence-corrected chi connectivity index (χ0v) is 11.9. The summed E-state index contributed by atoms with van der Waals surface area (Å²) in [7, 11) is 0. The van der Waals surface area contributed by atoms with E-state index in [4.69, 9.17) is 4.74 Å². The van der Waals surface area contributed by atoms with Crippen molar-refractivity contribution in [2.45, 2.75) is 19.4 Å². The summed E-state index contributed by atoms with van der Waals surface area (Å²) in [5.41, 5.74) is 1.36. The average Bonchev–Trinajstić information content (AvgIpc) is 2.94. The molecule has 5 heteroatoms. The Bertz CT molecular complexity index is 650. The van der Waals surface area contributed by atoms with E-state index in [0.29, 0.717) is 11.4 Å². The Morgan fingerprint density at radius 2 is 2.25 bits per heavy atom. The Labute approximate surface area is 121 Å². The fraction of sp³-hybridized carbons (Fsp3) is 0.267. The van der Waals surface area contributed by atoms with Gasteiger partial charge in [-0.25, -0.2) is 0 Å². The lowest BCUT2D eigenvalue weighted by molar-refractivity contribution is -0.118. The molecule has 1 atom stereocenters. The highest BCUT2D eigenvalue weighted by Crippen LogP contribution is 2.34. The van der Waals surface area contributed by atoms with E-state index in [2.05, 4.69) is 12.2 Å². The Balaban J connectivity index is 1.90. The lowest BCUT2D eigenvalue weighted by Crippen LogP contribution is -2.25. The van der Waals surface area contributed by atoms with Crippen LogP contribution < -0.4 is 10.1 Å². The first-order valence-electron chi connectivity index (χ1n) is 6.50. The van der Waals surface area contributed by atoms with E-state index in [0.717, 1.165) is 16.9 Å². The van der Waals surface area contributed by atoms with E-state index in [9.17, 15) is 9.90 Å². The van der Waals surface area contributed by atoms with Crippen LogP contribution >= 0.6 is 11.3 Å². The third-order valence-electron chi connectivity index (χ3n) is 3.25. The summed E-state index contributed by atoms with van der Waals surface area (Å²) in [6.07, 6.45) is 0.287. The second kappa shape index (κ2) is 5.26. The number of aryl methyl sites for hydroxylation is 1. The van der Waals surface area contributed by atoms with Crippen molar-refractivity contribution in [3.8, 4) is 5.75 Å². The fourth-order valence-electron chi connectivity index (χ4n) is 2.17. The van der Waals surface area contributed by atoms with Crippen molar-refractivity contribution in [3.63, 3.8) is 0 Å². The molecule has 1 unspecified atom stereocenters. The number of anilines is 1. The van der Waals surface area contributed by atoms with Crippen molar-refractivity contribution >= 4 is 22.9 Å². The molecule has 0 radical (unpaired) electrons. The molecule has 0 fully saturated rings. The second-order valence-electron chi connectivity index (χ2n) is 4.65. The van der Waals surface area contributed by atoms with Crippen molar-refractivity contribution in [2.75, 3.05) is 11.9 Å². The molecule has 0 spiro atoms. The highest BCUT2D eigenvalue weighted by atomic mass is 32.1. The molecule has 0 bridgehead atoms. The lowest BCUT2D eigenvalue weighted by Gasteiger charge is -2.19. The van der Waals surface area contributed by atoms with Crippen LogP contribution in [0.25, 0.3) is 0 Å². The van der Waals surface area contributed by atoms with Gasteiger partial charge in [0.1, 0.15) is 11.9 Å². The number of rotatable bonds is 3. The van der Waals surface area contributed by atoms with Crippen molar-refractivity contribution in [3.05, 3.63) is 45.6 Å². The highest BCUT2D eigenvalue weighted by molar-refractivity contribution is 7.12. The van der Waals surface area contributed by atoms with Crippen molar-refractivity contribution in [1.29, 1.82) is 0 Å².